The first-order valence-electron chi connectivity index (χ1n) is 8.30. The average Bonchev–Trinajstić information content (AvgIpc) is 3.01. The Labute approximate surface area is 152 Å². The molecule has 4 nitrogen and oxygen atoms in total. The number of anilines is 1. The lowest BCUT2D eigenvalue weighted by atomic mass is 10.2. The van der Waals surface area contributed by atoms with Crippen LogP contribution in [0.5, 0.6) is 0 Å². The third kappa shape index (κ3) is 2.97. The number of hydrogen-bond donors (Lipinski definition) is 1. The van der Waals surface area contributed by atoms with Crippen molar-refractivity contribution in [3.63, 3.8) is 0 Å². The predicted octanol–water partition coefficient (Wildman–Crippen LogP) is 4.74. The van der Waals surface area contributed by atoms with Crippen molar-refractivity contribution >= 4 is 26.6 Å². The second-order valence-electron chi connectivity index (χ2n) is 6.18. The number of aryl methyl sites for hydroxylation is 1. The lowest BCUT2D eigenvalue weighted by molar-refractivity contribution is 0.601. The predicted molar refractivity (Wildman–Crippen MR) is 105 cm³/mol. The summed E-state index contributed by atoms with van der Waals surface area (Å²) >= 11 is 0. The van der Waals surface area contributed by atoms with Gasteiger partial charge in [0.1, 0.15) is 0 Å². The molecule has 0 unspecified atom stereocenters. The number of fused-ring (bicyclic) bond motifs is 1. The van der Waals surface area contributed by atoms with E-state index in [0.29, 0.717) is 5.69 Å². The minimum absolute atomic E-state index is 0.250. The lowest BCUT2D eigenvalue weighted by Crippen LogP contribution is -2.12. The summed E-state index contributed by atoms with van der Waals surface area (Å²) in [5.74, 6) is 0. The Bertz CT molecular complexity index is 1160. The maximum absolute atomic E-state index is 12.8. The molecule has 1 heterocycles. The third-order valence-electron chi connectivity index (χ3n) is 4.32. The van der Waals surface area contributed by atoms with Crippen LogP contribution in [0, 0.1) is 6.92 Å². The summed E-state index contributed by atoms with van der Waals surface area (Å²) in [6.45, 7) is 1.93. The van der Waals surface area contributed by atoms with Crippen molar-refractivity contribution in [2.75, 3.05) is 4.72 Å². The van der Waals surface area contributed by atoms with Gasteiger partial charge in [0.05, 0.1) is 16.1 Å². The monoisotopic (exact) mass is 362 g/mol. The van der Waals surface area contributed by atoms with Crippen molar-refractivity contribution in [2.24, 2.45) is 0 Å². The highest BCUT2D eigenvalue weighted by molar-refractivity contribution is 7.92. The van der Waals surface area contributed by atoms with Crippen molar-refractivity contribution < 1.29 is 8.42 Å². The topological polar surface area (TPSA) is 51.1 Å². The van der Waals surface area contributed by atoms with Crippen LogP contribution in [0.25, 0.3) is 16.6 Å². The molecule has 4 rings (SSSR count). The Morgan fingerprint density at radius 3 is 2.19 bits per heavy atom. The number of nitrogens with one attached hydrogen (secondary N) is 1. The number of aromatic nitrogens is 1. The molecule has 3 aromatic carbocycles. The molecule has 0 saturated carbocycles. The smallest absolute Gasteiger partial charge is 0.261 e. The van der Waals surface area contributed by atoms with Gasteiger partial charge >= 0.3 is 0 Å². The fourth-order valence-electron chi connectivity index (χ4n) is 2.98. The van der Waals surface area contributed by atoms with Gasteiger partial charge < -0.3 is 4.57 Å². The van der Waals surface area contributed by atoms with Crippen LogP contribution in [-0.4, -0.2) is 13.0 Å². The molecule has 0 aliphatic heterocycles. The summed E-state index contributed by atoms with van der Waals surface area (Å²) in [4.78, 5) is 0.250. The van der Waals surface area contributed by atoms with E-state index in [1.807, 2.05) is 72.3 Å². The molecule has 0 aliphatic rings. The van der Waals surface area contributed by atoms with Crippen LogP contribution in [0.2, 0.25) is 0 Å². The SMILES string of the molecule is Cc1ccc(S(=O)(=O)Nc2cn(-c3ccccc3)c3ccccc23)cc1. The van der Waals surface area contributed by atoms with Crippen LogP contribution < -0.4 is 4.72 Å². The molecule has 0 fully saturated rings. The lowest BCUT2D eigenvalue weighted by Gasteiger charge is -2.07. The number of rotatable bonds is 4. The molecule has 4 aromatic rings. The van der Waals surface area contributed by atoms with Gasteiger partial charge in [0.15, 0.2) is 0 Å². The maximum Gasteiger partial charge on any atom is 0.261 e. The highest BCUT2D eigenvalue weighted by Crippen LogP contribution is 2.30. The molecule has 0 bridgehead atoms. The standard InChI is InChI=1S/C21H18N2O2S/c1-16-11-13-18(14-12-16)26(24,25)22-20-15-23(17-7-3-2-4-8-17)21-10-6-5-9-19(20)21/h2-15,22H,1H3. The van der Waals surface area contributed by atoms with Crippen molar-refractivity contribution in [1.29, 1.82) is 0 Å². The quantitative estimate of drug-likeness (QED) is 0.570. The van der Waals surface area contributed by atoms with Gasteiger partial charge in [0, 0.05) is 17.3 Å². The van der Waals surface area contributed by atoms with Gasteiger partial charge in [-0.15, -0.1) is 0 Å². The molecule has 1 aromatic heterocycles. The molecule has 0 amide bonds. The van der Waals surface area contributed by atoms with Crippen LogP contribution in [-0.2, 0) is 10.0 Å². The number of hydrogen-bond acceptors (Lipinski definition) is 2. The fraction of sp³-hybridized carbons (Fsp3) is 0.0476. The second-order valence-corrected chi connectivity index (χ2v) is 7.87. The molecular weight excluding hydrogens is 344 g/mol. The Kier molecular flexibility index (Phi) is 4.01. The number of nitrogens with zero attached hydrogens (tertiary/aromatic N) is 1. The van der Waals surface area contributed by atoms with Gasteiger partial charge in [-0.25, -0.2) is 8.42 Å². The Balaban J connectivity index is 1.81. The minimum atomic E-state index is -3.65. The van der Waals surface area contributed by atoms with E-state index in [4.69, 9.17) is 0 Å². The van der Waals surface area contributed by atoms with Crippen LogP contribution >= 0.6 is 0 Å². The summed E-state index contributed by atoms with van der Waals surface area (Å²) in [5.41, 5.74) is 3.50. The van der Waals surface area contributed by atoms with Gasteiger partial charge in [-0.05, 0) is 37.3 Å². The summed E-state index contributed by atoms with van der Waals surface area (Å²) in [5, 5.41) is 0.854. The molecule has 0 spiro atoms. The number of sulfonamides is 1. The Morgan fingerprint density at radius 2 is 1.46 bits per heavy atom. The molecule has 0 aliphatic carbocycles. The summed E-state index contributed by atoms with van der Waals surface area (Å²) < 4.78 is 30.3. The van der Waals surface area contributed by atoms with Gasteiger partial charge in [0.2, 0.25) is 0 Å². The van der Waals surface area contributed by atoms with E-state index in [-0.39, 0.29) is 4.90 Å². The normalized spacial score (nSPS) is 11.6. The molecular formula is C21H18N2O2S. The summed E-state index contributed by atoms with van der Waals surface area (Å²) in [6.07, 6.45) is 1.83. The Morgan fingerprint density at radius 1 is 0.808 bits per heavy atom. The van der Waals surface area contributed by atoms with E-state index in [9.17, 15) is 8.42 Å². The van der Waals surface area contributed by atoms with Crippen molar-refractivity contribution in [2.45, 2.75) is 11.8 Å². The summed E-state index contributed by atoms with van der Waals surface area (Å²) in [7, 11) is -3.65. The summed E-state index contributed by atoms with van der Waals surface area (Å²) in [6, 6.07) is 24.4. The zero-order valence-electron chi connectivity index (χ0n) is 14.3. The maximum atomic E-state index is 12.8. The second kappa shape index (κ2) is 6.35. The van der Waals surface area contributed by atoms with Crippen molar-refractivity contribution in [1.82, 2.24) is 4.57 Å². The van der Waals surface area contributed by atoms with E-state index in [1.165, 1.54) is 0 Å². The molecule has 0 radical (unpaired) electrons. The highest BCUT2D eigenvalue weighted by Gasteiger charge is 2.17. The van der Waals surface area contributed by atoms with E-state index in [0.717, 1.165) is 22.2 Å². The van der Waals surface area contributed by atoms with E-state index in [2.05, 4.69) is 4.72 Å². The molecule has 0 saturated heterocycles. The minimum Gasteiger partial charge on any atom is -0.314 e. The largest absolute Gasteiger partial charge is 0.314 e. The van der Waals surface area contributed by atoms with Gasteiger partial charge in [0.25, 0.3) is 10.0 Å². The third-order valence-corrected chi connectivity index (χ3v) is 5.70. The zero-order chi connectivity index (χ0) is 18.1. The zero-order valence-corrected chi connectivity index (χ0v) is 15.1. The first-order valence-corrected chi connectivity index (χ1v) is 9.78. The highest BCUT2D eigenvalue weighted by atomic mass is 32.2. The first-order chi connectivity index (χ1) is 12.5. The number of benzene rings is 3. The van der Waals surface area contributed by atoms with Crippen LogP contribution in [0.15, 0.2) is 90.0 Å². The first kappa shape index (κ1) is 16.4. The molecule has 5 heteroatoms. The van der Waals surface area contributed by atoms with Gasteiger partial charge in [-0.3, -0.25) is 4.72 Å². The molecule has 0 atom stereocenters. The van der Waals surface area contributed by atoms with Crippen LogP contribution in [0.4, 0.5) is 5.69 Å². The van der Waals surface area contributed by atoms with E-state index in [1.54, 1.807) is 24.3 Å². The van der Waals surface area contributed by atoms with E-state index < -0.39 is 10.0 Å². The molecule has 130 valence electrons. The van der Waals surface area contributed by atoms with Crippen LogP contribution in [0.1, 0.15) is 5.56 Å². The average molecular weight is 362 g/mol. The van der Waals surface area contributed by atoms with Crippen LogP contribution in [0.3, 0.4) is 0 Å². The van der Waals surface area contributed by atoms with Crippen molar-refractivity contribution in [3.8, 4) is 5.69 Å². The fourth-order valence-corrected chi connectivity index (χ4v) is 4.05. The Hall–Kier alpha value is -3.05. The number of para-hydroxylation sites is 2. The molecule has 1 N–H and O–H groups in total. The molecule has 26 heavy (non-hydrogen) atoms. The van der Waals surface area contributed by atoms with E-state index >= 15 is 0 Å². The van der Waals surface area contributed by atoms with Gasteiger partial charge in [-0.1, -0.05) is 54.1 Å². The van der Waals surface area contributed by atoms with Crippen molar-refractivity contribution in [3.05, 3.63) is 90.6 Å². The van der Waals surface area contributed by atoms with Gasteiger partial charge in [-0.2, -0.15) is 0 Å².